The zero-order valence-electron chi connectivity index (χ0n) is 23.0. The monoisotopic (exact) mass is 553 g/mol. The van der Waals surface area contributed by atoms with Crippen LogP contribution in [0.1, 0.15) is 62.3 Å². The SMILES string of the molecule is CCCC1=C(C(=O)OCC)[C@@H](c2cc(OC)ccc2OC)C2=C(C[C@H](c3cccs3)[C@H](C(=O)OCC)C2=O)N1. The molecule has 0 unspecified atom stereocenters. The number of carbonyl (C=O) groups is 3. The number of esters is 2. The number of rotatable bonds is 10. The van der Waals surface area contributed by atoms with Crippen LogP contribution in [0.25, 0.3) is 0 Å². The van der Waals surface area contributed by atoms with E-state index in [1.54, 1.807) is 46.3 Å². The molecule has 208 valence electrons. The van der Waals surface area contributed by atoms with Gasteiger partial charge in [-0.25, -0.2) is 4.79 Å². The highest BCUT2D eigenvalue weighted by Crippen LogP contribution is 2.51. The molecule has 0 fully saturated rings. The molecule has 0 saturated carbocycles. The highest BCUT2D eigenvalue weighted by Gasteiger charge is 2.50. The molecule has 2 aliphatic rings. The molecule has 0 bridgehead atoms. The molecule has 0 saturated heterocycles. The number of nitrogens with one attached hydrogen (secondary N) is 1. The molecule has 8 nitrogen and oxygen atoms in total. The van der Waals surface area contributed by atoms with Crippen LogP contribution >= 0.6 is 11.3 Å². The van der Waals surface area contributed by atoms with E-state index >= 15 is 0 Å². The van der Waals surface area contributed by atoms with Gasteiger partial charge < -0.3 is 24.3 Å². The molecule has 0 amide bonds. The zero-order valence-corrected chi connectivity index (χ0v) is 23.8. The molecular weight excluding hydrogens is 518 g/mol. The summed E-state index contributed by atoms with van der Waals surface area (Å²) in [7, 11) is 3.09. The lowest BCUT2D eigenvalue weighted by atomic mass is 9.68. The van der Waals surface area contributed by atoms with Gasteiger partial charge in [0.05, 0.1) is 38.9 Å². The van der Waals surface area contributed by atoms with Gasteiger partial charge in [0, 0.05) is 33.3 Å². The average Bonchev–Trinajstić information content (AvgIpc) is 3.47. The van der Waals surface area contributed by atoms with Crippen molar-refractivity contribution >= 4 is 29.1 Å². The second kappa shape index (κ2) is 12.5. The second-order valence-corrected chi connectivity index (χ2v) is 10.3. The van der Waals surface area contributed by atoms with Crippen LogP contribution in [0.2, 0.25) is 0 Å². The Labute approximate surface area is 233 Å². The first-order valence-electron chi connectivity index (χ1n) is 13.3. The number of hydrogen-bond donors (Lipinski definition) is 1. The van der Waals surface area contributed by atoms with E-state index in [0.717, 1.165) is 11.3 Å². The van der Waals surface area contributed by atoms with Crippen LogP contribution in [-0.4, -0.2) is 45.2 Å². The first kappa shape index (κ1) is 28.4. The Morgan fingerprint density at radius 2 is 1.82 bits per heavy atom. The van der Waals surface area contributed by atoms with E-state index in [0.29, 0.717) is 52.4 Å². The largest absolute Gasteiger partial charge is 0.497 e. The third-order valence-electron chi connectivity index (χ3n) is 7.10. The van der Waals surface area contributed by atoms with Crippen molar-refractivity contribution in [2.75, 3.05) is 27.4 Å². The van der Waals surface area contributed by atoms with Crippen molar-refractivity contribution in [3.63, 3.8) is 0 Å². The average molecular weight is 554 g/mol. The van der Waals surface area contributed by atoms with E-state index in [-0.39, 0.29) is 24.9 Å². The van der Waals surface area contributed by atoms with E-state index in [2.05, 4.69) is 5.32 Å². The van der Waals surface area contributed by atoms with E-state index in [4.69, 9.17) is 18.9 Å². The van der Waals surface area contributed by atoms with Crippen molar-refractivity contribution in [3.05, 3.63) is 68.7 Å². The van der Waals surface area contributed by atoms with E-state index in [1.165, 1.54) is 11.3 Å². The third kappa shape index (κ3) is 5.45. The van der Waals surface area contributed by atoms with Gasteiger partial charge in [0.25, 0.3) is 0 Å². The van der Waals surface area contributed by atoms with Gasteiger partial charge in [-0.15, -0.1) is 11.3 Å². The smallest absolute Gasteiger partial charge is 0.336 e. The molecule has 1 aromatic carbocycles. The maximum absolute atomic E-state index is 14.5. The Morgan fingerprint density at radius 3 is 2.44 bits per heavy atom. The van der Waals surface area contributed by atoms with Gasteiger partial charge >= 0.3 is 11.9 Å². The van der Waals surface area contributed by atoms with Gasteiger partial charge in [-0.05, 0) is 56.3 Å². The normalized spacial score (nSPS) is 20.7. The van der Waals surface area contributed by atoms with Crippen LogP contribution in [-0.2, 0) is 23.9 Å². The van der Waals surface area contributed by atoms with Crippen LogP contribution in [0, 0.1) is 5.92 Å². The van der Waals surface area contributed by atoms with Crippen LogP contribution in [0.5, 0.6) is 11.5 Å². The summed E-state index contributed by atoms with van der Waals surface area (Å²) in [6, 6.07) is 9.15. The molecule has 1 aromatic heterocycles. The summed E-state index contributed by atoms with van der Waals surface area (Å²) >= 11 is 1.51. The first-order valence-corrected chi connectivity index (χ1v) is 14.1. The third-order valence-corrected chi connectivity index (χ3v) is 8.10. The Balaban J connectivity index is 1.99. The van der Waals surface area contributed by atoms with Crippen molar-refractivity contribution in [1.29, 1.82) is 0 Å². The van der Waals surface area contributed by atoms with Crippen molar-refractivity contribution in [2.45, 2.75) is 51.9 Å². The molecule has 3 atom stereocenters. The summed E-state index contributed by atoms with van der Waals surface area (Å²) in [6.07, 6.45) is 1.76. The molecule has 1 aliphatic carbocycles. The van der Waals surface area contributed by atoms with Crippen molar-refractivity contribution in [3.8, 4) is 11.5 Å². The number of ketones is 1. The molecule has 2 aromatic rings. The summed E-state index contributed by atoms with van der Waals surface area (Å²) in [6.45, 7) is 5.83. The summed E-state index contributed by atoms with van der Waals surface area (Å²) in [5.74, 6) is -2.66. The minimum absolute atomic E-state index is 0.158. The predicted octanol–water partition coefficient (Wildman–Crippen LogP) is 5.26. The van der Waals surface area contributed by atoms with Crippen LogP contribution in [0.3, 0.4) is 0 Å². The number of benzene rings is 1. The van der Waals surface area contributed by atoms with Crippen molar-refractivity contribution in [2.24, 2.45) is 5.92 Å². The number of Topliss-reactive ketones (excluding diaryl/α,β-unsaturated/α-hetero) is 1. The van der Waals surface area contributed by atoms with Crippen molar-refractivity contribution < 1.29 is 33.3 Å². The molecule has 0 spiro atoms. The second-order valence-electron chi connectivity index (χ2n) is 9.34. The van der Waals surface area contributed by atoms with E-state index in [1.807, 2.05) is 24.4 Å². The Hall–Kier alpha value is -3.59. The summed E-state index contributed by atoms with van der Waals surface area (Å²) in [5, 5.41) is 5.38. The summed E-state index contributed by atoms with van der Waals surface area (Å²) in [4.78, 5) is 42.3. The van der Waals surface area contributed by atoms with Crippen LogP contribution in [0.4, 0.5) is 0 Å². The lowest BCUT2D eigenvalue weighted by molar-refractivity contribution is -0.152. The number of allylic oxidation sites excluding steroid dienone is 3. The van der Waals surface area contributed by atoms with Crippen molar-refractivity contribution in [1.82, 2.24) is 5.32 Å². The molecule has 0 radical (unpaired) electrons. The fourth-order valence-corrected chi connectivity index (χ4v) is 6.36. The maximum atomic E-state index is 14.5. The number of carbonyl (C=O) groups excluding carboxylic acids is 3. The standard InChI is InChI=1S/C30H35NO7S/c1-6-10-20-27(30(34)38-8-3)24(18-15-17(35-4)12-13-22(18)36-5)26-21(31-20)16-19(23-11-9-14-39-23)25(28(26)32)29(33)37-7-2/h9,11-15,19,24-25,31H,6-8,10,16H2,1-5H3/t19-,24+,25+/m1/s1. The van der Waals surface area contributed by atoms with Crippen LogP contribution < -0.4 is 14.8 Å². The minimum atomic E-state index is -1.04. The lowest BCUT2D eigenvalue weighted by Gasteiger charge is -2.40. The molecule has 1 aliphatic heterocycles. The van der Waals surface area contributed by atoms with Gasteiger partial charge in [-0.1, -0.05) is 19.4 Å². The molecule has 2 heterocycles. The fraction of sp³-hybridized carbons (Fsp3) is 0.433. The van der Waals surface area contributed by atoms with Gasteiger partial charge in [-0.3, -0.25) is 9.59 Å². The Kier molecular flexibility index (Phi) is 9.12. The van der Waals surface area contributed by atoms with Gasteiger partial charge in [0.15, 0.2) is 5.78 Å². The minimum Gasteiger partial charge on any atom is -0.497 e. The highest BCUT2D eigenvalue weighted by atomic mass is 32.1. The lowest BCUT2D eigenvalue weighted by Crippen LogP contribution is -2.43. The molecule has 1 N–H and O–H groups in total. The molecule has 4 rings (SSSR count). The topological polar surface area (TPSA) is 100 Å². The van der Waals surface area contributed by atoms with Gasteiger partial charge in [0.2, 0.25) is 0 Å². The molecular formula is C30H35NO7S. The Morgan fingerprint density at radius 1 is 1.05 bits per heavy atom. The van der Waals surface area contributed by atoms with Gasteiger partial charge in [-0.2, -0.15) is 0 Å². The predicted molar refractivity (Wildman–Crippen MR) is 148 cm³/mol. The number of ether oxygens (including phenoxy) is 4. The molecule has 39 heavy (non-hydrogen) atoms. The zero-order chi connectivity index (χ0) is 28.1. The first-order chi connectivity index (χ1) is 18.9. The quantitative estimate of drug-likeness (QED) is 0.314. The number of hydrogen-bond acceptors (Lipinski definition) is 9. The fourth-order valence-electron chi connectivity index (χ4n) is 5.49. The number of dihydropyridines is 1. The Bertz CT molecular complexity index is 1290. The van der Waals surface area contributed by atoms with Gasteiger partial charge in [0.1, 0.15) is 17.4 Å². The number of thiophene rings is 1. The van der Waals surface area contributed by atoms with E-state index in [9.17, 15) is 14.4 Å². The highest BCUT2D eigenvalue weighted by molar-refractivity contribution is 7.10. The maximum Gasteiger partial charge on any atom is 0.336 e. The van der Waals surface area contributed by atoms with Crippen LogP contribution in [0.15, 0.2) is 58.3 Å². The summed E-state index contributed by atoms with van der Waals surface area (Å²) < 4.78 is 22.1. The number of methoxy groups -OCH3 is 2. The summed E-state index contributed by atoms with van der Waals surface area (Å²) in [5.41, 5.74) is 2.69. The molecule has 9 heteroatoms. The van der Waals surface area contributed by atoms with E-state index < -0.39 is 23.8 Å².